The molecule has 0 aromatic carbocycles. The smallest absolute Gasteiger partial charge is 0.324 e. The Morgan fingerprint density at radius 1 is 1.39 bits per heavy atom. The number of nitrogens with one attached hydrogen (secondary N) is 1. The number of halogens is 2. The van der Waals surface area contributed by atoms with Crippen LogP contribution >= 0.6 is 11.3 Å². The lowest BCUT2D eigenvalue weighted by atomic mass is 10.4. The fourth-order valence-electron chi connectivity index (χ4n) is 1.71. The predicted molar refractivity (Wildman–Crippen MR) is 81.6 cm³/mol. The Bertz CT molecular complexity index is 618. The number of nitrogens with zero attached hydrogens (tertiary/aromatic N) is 4. The van der Waals surface area contributed by atoms with Crippen molar-refractivity contribution in [3.05, 3.63) is 29.2 Å². The van der Waals surface area contributed by atoms with Crippen molar-refractivity contribution in [3.63, 3.8) is 0 Å². The van der Waals surface area contributed by atoms with E-state index in [1.54, 1.807) is 12.1 Å². The van der Waals surface area contributed by atoms with Crippen molar-refractivity contribution in [1.82, 2.24) is 20.0 Å². The third kappa shape index (κ3) is 5.25. The summed E-state index contributed by atoms with van der Waals surface area (Å²) in [5.74, 6) is 0.629. The van der Waals surface area contributed by atoms with Gasteiger partial charge in [-0.25, -0.2) is 13.6 Å². The largest absolute Gasteiger partial charge is 0.467 e. The van der Waals surface area contributed by atoms with Crippen molar-refractivity contribution in [1.29, 1.82) is 0 Å². The van der Waals surface area contributed by atoms with Crippen molar-refractivity contribution < 1.29 is 18.0 Å². The normalized spacial score (nSPS) is 11.2. The van der Waals surface area contributed by atoms with E-state index in [-0.39, 0.29) is 11.7 Å². The van der Waals surface area contributed by atoms with E-state index in [0.717, 1.165) is 0 Å². The Kier molecular flexibility index (Phi) is 5.99. The first kappa shape index (κ1) is 17.3. The lowest BCUT2D eigenvalue weighted by molar-refractivity contribution is 0.150. The van der Waals surface area contributed by atoms with E-state index in [0.29, 0.717) is 30.2 Å². The van der Waals surface area contributed by atoms with E-state index in [4.69, 9.17) is 4.42 Å². The van der Waals surface area contributed by atoms with Crippen LogP contribution in [0.1, 0.15) is 17.2 Å². The second-order valence-corrected chi connectivity index (χ2v) is 5.99. The summed E-state index contributed by atoms with van der Waals surface area (Å²) in [6.07, 6.45) is -1.18. The van der Waals surface area contributed by atoms with Crippen molar-refractivity contribution in [2.45, 2.75) is 13.0 Å². The summed E-state index contributed by atoms with van der Waals surface area (Å²) in [6.45, 7) is 1.36. The van der Waals surface area contributed by atoms with Crippen LogP contribution in [0.3, 0.4) is 0 Å². The lowest BCUT2D eigenvalue weighted by Gasteiger charge is -2.23. The maximum absolute atomic E-state index is 12.5. The minimum Gasteiger partial charge on any atom is -0.467 e. The standard InChI is InChI=1S/C13H17F2N5O2S/c1-19(2)5-6-20(8-9-4-3-7-22-9)13(21)16-12-18-17-11(23-12)10(14)15/h3-4,7,10H,5-6,8H2,1-2H3,(H,16,18,21). The number of carbonyl (C=O) groups excluding carboxylic acids is 1. The summed E-state index contributed by atoms with van der Waals surface area (Å²) in [5.41, 5.74) is 0. The van der Waals surface area contributed by atoms with E-state index in [1.807, 2.05) is 19.0 Å². The van der Waals surface area contributed by atoms with Crippen LogP contribution in [0.2, 0.25) is 0 Å². The van der Waals surface area contributed by atoms with Crippen LogP contribution in [0.4, 0.5) is 18.7 Å². The van der Waals surface area contributed by atoms with E-state index < -0.39 is 17.5 Å². The molecule has 0 bridgehead atoms. The zero-order valence-corrected chi connectivity index (χ0v) is 13.5. The van der Waals surface area contributed by atoms with Crippen molar-refractivity contribution in [3.8, 4) is 0 Å². The van der Waals surface area contributed by atoms with Gasteiger partial charge in [-0.2, -0.15) is 0 Å². The summed E-state index contributed by atoms with van der Waals surface area (Å²) in [7, 11) is 3.78. The number of amides is 2. The first-order valence-electron chi connectivity index (χ1n) is 6.80. The van der Waals surface area contributed by atoms with Crippen molar-refractivity contribution in [2.24, 2.45) is 0 Å². The highest BCUT2D eigenvalue weighted by Crippen LogP contribution is 2.25. The number of furan rings is 1. The highest BCUT2D eigenvalue weighted by Gasteiger charge is 2.19. The number of anilines is 1. The monoisotopic (exact) mass is 345 g/mol. The first-order chi connectivity index (χ1) is 11.0. The van der Waals surface area contributed by atoms with Gasteiger partial charge in [0.1, 0.15) is 5.76 Å². The second kappa shape index (κ2) is 7.97. The van der Waals surface area contributed by atoms with Gasteiger partial charge in [0.15, 0.2) is 5.01 Å². The van der Waals surface area contributed by atoms with Gasteiger partial charge in [-0.05, 0) is 26.2 Å². The average molecular weight is 345 g/mol. The first-order valence-corrected chi connectivity index (χ1v) is 7.62. The van der Waals surface area contributed by atoms with Gasteiger partial charge in [0.2, 0.25) is 5.13 Å². The zero-order valence-electron chi connectivity index (χ0n) is 12.7. The highest BCUT2D eigenvalue weighted by molar-refractivity contribution is 7.15. The van der Waals surface area contributed by atoms with Gasteiger partial charge in [0.25, 0.3) is 6.43 Å². The molecule has 0 saturated heterocycles. The summed E-state index contributed by atoms with van der Waals surface area (Å²) in [5, 5.41) is 8.99. The number of hydrogen-bond donors (Lipinski definition) is 1. The van der Waals surface area contributed by atoms with Gasteiger partial charge in [-0.1, -0.05) is 11.3 Å². The molecule has 2 rings (SSSR count). The third-order valence-electron chi connectivity index (χ3n) is 2.87. The molecule has 0 radical (unpaired) electrons. The van der Waals surface area contributed by atoms with Crippen LogP contribution in [-0.2, 0) is 6.54 Å². The molecule has 0 fully saturated rings. The zero-order chi connectivity index (χ0) is 16.8. The SMILES string of the molecule is CN(C)CCN(Cc1ccco1)C(=O)Nc1nnc(C(F)F)s1. The fourth-order valence-corrected chi connectivity index (χ4v) is 2.30. The topological polar surface area (TPSA) is 74.5 Å². The molecule has 0 unspecified atom stereocenters. The number of aromatic nitrogens is 2. The van der Waals surface area contributed by atoms with Gasteiger partial charge >= 0.3 is 6.03 Å². The number of alkyl halides is 2. The minimum absolute atomic E-state index is 0.0413. The molecule has 0 saturated carbocycles. The number of carbonyl (C=O) groups is 1. The van der Waals surface area contributed by atoms with E-state index in [2.05, 4.69) is 15.5 Å². The number of rotatable bonds is 7. The molecule has 0 aliphatic carbocycles. The molecule has 0 aliphatic rings. The van der Waals surface area contributed by atoms with Gasteiger partial charge < -0.3 is 14.2 Å². The van der Waals surface area contributed by atoms with Crippen LogP contribution < -0.4 is 5.32 Å². The van der Waals surface area contributed by atoms with Crippen LogP contribution in [0.25, 0.3) is 0 Å². The number of hydrogen-bond acceptors (Lipinski definition) is 6. The van der Waals surface area contributed by atoms with Crippen LogP contribution in [0, 0.1) is 0 Å². The molecule has 0 aliphatic heterocycles. The summed E-state index contributed by atoms with van der Waals surface area (Å²) in [4.78, 5) is 15.8. The Labute approximate surface area is 135 Å². The van der Waals surface area contributed by atoms with Crippen LogP contribution in [0.15, 0.2) is 22.8 Å². The second-order valence-electron chi connectivity index (χ2n) is 4.98. The van der Waals surface area contributed by atoms with E-state index in [1.165, 1.54) is 11.2 Å². The minimum atomic E-state index is -2.70. The summed E-state index contributed by atoms with van der Waals surface area (Å²) < 4.78 is 30.3. The molecule has 2 amide bonds. The average Bonchev–Trinajstić information content (AvgIpc) is 3.14. The van der Waals surface area contributed by atoms with Crippen molar-refractivity contribution >= 4 is 22.5 Å². The molecule has 2 heterocycles. The molecule has 0 atom stereocenters. The number of likely N-dealkylation sites (N-methyl/N-ethyl adjacent to an activating group) is 1. The van der Waals surface area contributed by atoms with Crippen molar-refractivity contribution in [2.75, 3.05) is 32.5 Å². The van der Waals surface area contributed by atoms with Crippen LogP contribution in [0.5, 0.6) is 0 Å². The molecule has 23 heavy (non-hydrogen) atoms. The van der Waals surface area contributed by atoms with E-state index in [9.17, 15) is 13.6 Å². The summed E-state index contributed by atoms with van der Waals surface area (Å²) >= 11 is 0.654. The molecule has 1 N–H and O–H groups in total. The molecular weight excluding hydrogens is 328 g/mol. The Hall–Kier alpha value is -2.07. The maximum atomic E-state index is 12.5. The van der Waals surface area contributed by atoms with Gasteiger partial charge in [0, 0.05) is 13.1 Å². The molecule has 126 valence electrons. The Morgan fingerprint density at radius 3 is 2.74 bits per heavy atom. The van der Waals surface area contributed by atoms with Gasteiger partial charge in [0.05, 0.1) is 12.8 Å². The summed E-state index contributed by atoms with van der Waals surface area (Å²) in [6, 6.07) is 3.05. The Balaban J connectivity index is 2.01. The quantitative estimate of drug-likeness (QED) is 0.835. The predicted octanol–water partition coefficient (Wildman–Crippen LogP) is 2.66. The molecule has 0 spiro atoms. The third-order valence-corrected chi connectivity index (χ3v) is 3.72. The maximum Gasteiger partial charge on any atom is 0.324 e. The molecule has 2 aromatic heterocycles. The Morgan fingerprint density at radius 2 is 2.17 bits per heavy atom. The lowest BCUT2D eigenvalue weighted by Crippen LogP contribution is -2.38. The van der Waals surface area contributed by atoms with E-state index >= 15 is 0 Å². The molecule has 10 heteroatoms. The number of urea groups is 1. The van der Waals surface area contributed by atoms with Gasteiger partial charge in [-0.3, -0.25) is 5.32 Å². The molecular formula is C13H17F2N5O2S. The fraction of sp³-hybridized carbons (Fsp3) is 0.462. The van der Waals surface area contributed by atoms with Gasteiger partial charge in [-0.15, -0.1) is 10.2 Å². The molecule has 2 aromatic rings. The van der Waals surface area contributed by atoms with Crippen LogP contribution in [-0.4, -0.2) is 53.2 Å². The molecule has 7 nitrogen and oxygen atoms in total. The highest BCUT2D eigenvalue weighted by atomic mass is 32.1.